The summed E-state index contributed by atoms with van der Waals surface area (Å²) in [6, 6.07) is 7.78. The Hall–Kier alpha value is -3.47. The van der Waals surface area contributed by atoms with E-state index in [0.29, 0.717) is 27.1 Å². The number of hydrogen-bond donors (Lipinski definition) is 1. The van der Waals surface area contributed by atoms with Gasteiger partial charge in [-0.15, -0.1) is 10.2 Å². The Morgan fingerprint density at radius 2 is 1.71 bits per heavy atom. The highest BCUT2D eigenvalue weighted by Gasteiger charge is 2.19. The summed E-state index contributed by atoms with van der Waals surface area (Å²) in [7, 11) is 4.78. The molecular formula is C17H14N8O2S. The molecule has 0 aliphatic heterocycles. The van der Waals surface area contributed by atoms with E-state index < -0.39 is 11.2 Å². The van der Waals surface area contributed by atoms with E-state index in [2.05, 4.69) is 25.1 Å². The molecule has 0 aliphatic rings. The zero-order chi connectivity index (χ0) is 19.6. The van der Waals surface area contributed by atoms with Gasteiger partial charge in [0.1, 0.15) is 5.52 Å². The van der Waals surface area contributed by atoms with Crippen molar-refractivity contribution in [2.45, 2.75) is 10.3 Å². The van der Waals surface area contributed by atoms with Crippen LogP contribution in [0.1, 0.15) is 0 Å². The number of para-hydroxylation sites is 1. The Labute approximate surface area is 160 Å². The highest BCUT2D eigenvalue weighted by atomic mass is 32.2. The maximum Gasteiger partial charge on any atom is 0.332 e. The molecule has 5 aromatic rings. The predicted octanol–water partition coefficient (Wildman–Crippen LogP) is 0.941. The average molecular weight is 394 g/mol. The van der Waals surface area contributed by atoms with Gasteiger partial charge in [-0.2, -0.15) is 0 Å². The first kappa shape index (κ1) is 16.7. The lowest BCUT2D eigenvalue weighted by Gasteiger charge is -2.05. The molecule has 4 aromatic heterocycles. The average Bonchev–Trinajstić information content (AvgIpc) is 3.22. The van der Waals surface area contributed by atoms with Crippen molar-refractivity contribution >= 4 is 45.0 Å². The van der Waals surface area contributed by atoms with Gasteiger partial charge >= 0.3 is 5.69 Å². The number of nitrogens with one attached hydrogen (secondary N) is 1. The van der Waals surface area contributed by atoms with Crippen molar-refractivity contribution in [3.63, 3.8) is 0 Å². The van der Waals surface area contributed by atoms with Gasteiger partial charge in [-0.05, 0) is 17.8 Å². The van der Waals surface area contributed by atoms with Gasteiger partial charge in [0.15, 0.2) is 22.0 Å². The molecular weight excluding hydrogens is 380 g/mol. The van der Waals surface area contributed by atoms with Crippen molar-refractivity contribution < 1.29 is 0 Å². The fourth-order valence-electron chi connectivity index (χ4n) is 3.28. The number of nitrogens with zero attached hydrogens (tertiary/aromatic N) is 7. The molecule has 0 atom stereocenters. The summed E-state index contributed by atoms with van der Waals surface area (Å²) < 4.78 is 4.12. The molecule has 10 nitrogen and oxygen atoms in total. The third-order valence-electron chi connectivity index (χ3n) is 4.71. The minimum absolute atomic E-state index is 0.217. The van der Waals surface area contributed by atoms with Gasteiger partial charge < -0.3 is 9.55 Å². The third kappa shape index (κ3) is 2.22. The monoisotopic (exact) mass is 394 g/mol. The first-order valence-electron chi connectivity index (χ1n) is 8.37. The highest BCUT2D eigenvalue weighted by Crippen LogP contribution is 2.27. The van der Waals surface area contributed by atoms with E-state index in [1.165, 1.54) is 23.4 Å². The number of H-pyrrole nitrogens is 1. The van der Waals surface area contributed by atoms with Gasteiger partial charge in [-0.1, -0.05) is 18.2 Å². The fraction of sp³-hybridized carbons (Fsp3) is 0.176. The topological polar surface area (TPSA) is 116 Å². The van der Waals surface area contributed by atoms with Crippen molar-refractivity contribution in [3.8, 4) is 0 Å². The Morgan fingerprint density at radius 3 is 2.54 bits per heavy atom. The summed E-state index contributed by atoms with van der Waals surface area (Å²) in [6.07, 6.45) is 0. The Bertz CT molecular complexity index is 1520. The molecule has 4 heterocycles. The molecule has 28 heavy (non-hydrogen) atoms. The van der Waals surface area contributed by atoms with Crippen LogP contribution in [0.4, 0.5) is 0 Å². The van der Waals surface area contributed by atoms with Gasteiger partial charge in [0.05, 0.1) is 0 Å². The van der Waals surface area contributed by atoms with Crippen molar-refractivity contribution in [3.05, 3.63) is 45.1 Å². The second kappa shape index (κ2) is 5.76. The molecule has 1 aromatic carbocycles. The Kier molecular flexibility index (Phi) is 3.43. The van der Waals surface area contributed by atoms with Crippen LogP contribution in [0.3, 0.4) is 0 Å². The molecule has 1 N–H and O–H groups in total. The molecule has 0 aliphatic carbocycles. The van der Waals surface area contributed by atoms with E-state index in [0.717, 1.165) is 15.5 Å². The maximum atomic E-state index is 12.4. The molecule has 5 rings (SSSR count). The van der Waals surface area contributed by atoms with Crippen LogP contribution in [0, 0.1) is 0 Å². The summed E-state index contributed by atoms with van der Waals surface area (Å²) in [5, 5.41) is 10.3. The lowest BCUT2D eigenvalue weighted by molar-refractivity contribution is 0.690. The standard InChI is InChI=1S/C17H14N8O2S/c1-23-13-11(14(26)25(3)17(27)24(13)2)19-16(23)28-15-20-12-10(21-22-15)8-6-4-5-7-9(8)18-12/h4-7H,1-3H3,(H,18,20,22). The smallest absolute Gasteiger partial charge is 0.332 e. The first-order chi connectivity index (χ1) is 13.5. The van der Waals surface area contributed by atoms with Crippen LogP contribution in [0.25, 0.3) is 33.2 Å². The van der Waals surface area contributed by atoms with Crippen LogP contribution >= 0.6 is 11.8 Å². The first-order valence-corrected chi connectivity index (χ1v) is 9.19. The molecule has 0 saturated heterocycles. The molecule has 0 unspecified atom stereocenters. The van der Waals surface area contributed by atoms with E-state index in [1.54, 1.807) is 18.7 Å². The number of imidazole rings is 1. The van der Waals surface area contributed by atoms with E-state index in [-0.39, 0.29) is 5.52 Å². The van der Waals surface area contributed by atoms with Crippen LogP contribution < -0.4 is 11.2 Å². The van der Waals surface area contributed by atoms with Crippen LogP contribution in [0.5, 0.6) is 0 Å². The number of aromatic nitrogens is 8. The van der Waals surface area contributed by atoms with Crippen molar-refractivity contribution in [1.29, 1.82) is 0 Å². The van der Waals surface area contributed by atoms with Crippen molar-refractivity contribution in [1.82, 2.24) is 38.9 Å². The van der Waals surface area contributed by atoms with Crippen molar-refractivity contribution in [2.75, 3.05) is 0 Å². The molecule has 11 heteroatoms. The number of aromatic amines is 1. The predicted molar refractivity (Wildman–Crippen MR) is 105 cm³/mol. The molecule has 0 spiro atoms. The number of rotatable bonds is 2. The summed E-state index contributed by atoms with van der Waals surface area (Å²) in [6.45, 7) is 0. The summed E-state index contributed by atoms with van der Waals surface area (Å²) >= 11 is 1.18. The molecule has 140 valence electrons. The Morgan fingerprint density at radius 1 is 0.929 bits per heavy atom. The zero-order valence-electron chi connectivity index (χ0n) is 15.2. The number of aryl methyl sites for hydroxylation is 2. The Balaban J connectivity index is 1.66. The molecule has 0 fully saturated rings. The van der Waals surface area contributed by atoms with Crippen LogP contribution in [-0.4, -0.2) is 38.9 Å². The lowest BCUT2D eigenvalue weighted by atomic mass is 10.2. The van der Waals surface area contributed by atoms with Gasteiger partial charge in [0.25, 0.3) is 5.56 Å². The minimum atomic E-state index is -0.439. The molecule has 0 radical (unpaired) electrons. The maximum absolute atomic E-state index is 12.4. The summed E-state index contributed by atoms with van der Waals surface area (Å²) in [5.41, 5.74) is 2.06. The minimum Gasteiger partial charge on any atom is -0.338 e. The van der Waals surface area contributed by atoms with Gasteiger partial charge in [0.2, 0.25) is 5.16 Å². The van der Waals surface area contributed by atoms with Gasteiger partial charge in [-0.25, -0.2) is 14.8 Å². The largest absolute Gasteiger partial charge is 0.338 e. The SMILES string of the molecule is Cn1c(=O)c2nc(Sc3nnc4c(n3)[nH]c3ccccc34)n(C)c2n(C)c1=O. The second-order valence-electron chi connectivity index (χ2n) is 6.40. The summed E-state index contributed by atoms with van der Waals surface area (Å²) in [4.78, 5) is 36.8. The number of fused-ring (bicyclic) bond motifs is 4. The molecule has 0 saturated carbocycles. The van der Waals surface area contributed by atoms with E-state index >= 15 is 0 Å². The van der Waals surface area contributed by atoms with E-state index in [9.17, 15) is 9.59 Å². The van der Waals surface area contributed by atoms with Crippen LogP contribution in [-0.2, 0) is 21.1 Å². The van der Waals surface area contributed by atoms with Crippen molar-refractivity contribution in [2.24, 2.45) is 21.1 Å². The molecule has 0 bridgehead atoms. The van der Waals surface area contributed by atoms with Gasteiger partial charge in [-0.3, -0.25) is 13.9 Å². The van der Waals surface area contributed by atoms with Gasteiger partial charge in [0, 0.05) is 32.0 Å². The van der Waals surface area contributed by atoms with Crippen LogP contribution in [0.2, 0.25) is 0 Å². The normalized spacial score (nSPS) is 11.8. The highest BCUT2D eigenvalue weighted by molar-refractivity contribution is 7.99. The third-order valence-corrected chi connectivity index (χ3v) is 5.61. The second-order valence-corrected chi connectivity index (χ2v) is 7.33. The number of benzene rings is 1. The van der Waals surface area contributed by atoms with E-state index in [1.807, 2.05) is 24.3 Å². The fourth-order valence-corrected chi connectivity index (χ4v) is 4.02. The number of hydrogen-bond acceptors (Lipinski definition) is 7. The lowest BCUT2D eigenvalue weighted by Crippen LogP contribution is -2.37. The zero-order valence-corrected chi connectivity index (χ0v) is 16.0. The quantitative estimate of drug-likeness (QED) is 0.474. The molecule has 0 amide bonds. The van der Waals surface area contributed by atoms with Crippen LogP contribution in [0.15, 0.2) is 44.2 Å². The summed E-state index contributed by atoms with van der Waals surface area (Å²) in [5.74, 6) is 0. The van der Waals surface area contributed by atoms with E-state index in [4.69, 9.17) is 0 Å².